The van der Waals surface area contributed by atoms with Crippen molar-refractivity contribution in [3.05, 3.63) is 46.9 Å². The van der Waals surface area contributed by atoms with Gasteiger partial charge in [-0.05, 0) is 38.0 Å². The second kappa shape index (κ2) is 7.82. The van der Waals surface area contributed by atoms with Crippen molar-refractivity contribution >= 4 is 17.6 Å². The molecule has 7 nitrogen and oxygen atoms in total. The molecule has 3 rings (SSSR count). The number of carbonyl (C=O) groups is 1. The van der Waals surface area contributed by atoms with Crippen molar-refractivity contribution in [1.29, 1.82) is 0 Å². The molecular weight excluding hydrogens is 342 g/mol. The van der Waals surface area contributed by atoms with Crippen LogP contribution in [0.25, 0.3) is 0 Å². The highest BCUT2D eigenvalue weighted by Crippen LogP contribution is 2.37. The minimum Gasteiger partial charge on any atom is -0.463 e. The van der Waals surface area contributed by atoms with E-state index in [9.17, 15) is 4.79 Å². The van der Waals surface area contributed by atoms with E-state index in [1.54, 1.807) is 4.68 Å². The lowest BCUT2D eigenvalue weighted by atomic mass is 9.94. The topological polar surface area (TPSA) is 72.3 Å². The van der Waals surface area contributed by atoms with E-state index >= 15 is 0 Å². The first-order chi connectivity index (χ1) is 13.0. The molecule has 144 valence electrons. The zero-order valence-electron chi connectivity index (χ0n) is 16.6. The summed E-state index contributed by atoms with van der Waals surface area (Å²) in [6.45, 7) is 6.09. The quantitative estimate of drug-likeness (QED) is 0.788. The molecule has 27 heavy (non-hydrogen) atoms. The molecule has 1 N–H and O–H groups in total. The number of fused-ring (bicyclic) bond motifs is 1. The van der Waals surface area contributed by atoms with Crippen LogP contribution in [-0.4, -0.2) is 41.4 Å². The lowest BCUT2D eigenvalue weighted by Gasteiger charge is -2.29. The van der Waals surface area contributed by atoms with Crippen molar-refractivity contribution < 1.29 is 9.53 Å². The van der Waals surface area contributed by atoms with E-state index in [1.165, 1.54) is 0 Å². The third-order valence-corrected chi connectivity index (χ3v) is 4.56. The highest BCUT2D eigenvalue weighted by molar-refractivity contribution is 5.92. The van der Waals surface area contributed by atoms with E-state index in [0.29, 0.717) is 24.0 Å². The Labute approximate surface area is 160 Å². The van der Waals surface area contributed by atoms with Gasteiger partial charge in [0.1, 0.15) is 11.9 Å². The Hall–Kier alpha value is -2.83. The van der Waals surface area contributed by atoms with Gasteiger partial charge in [-0.2, -0.15) is 10.1 Å². The summed E-state index contributed by atoms with van der Waals surface area (Å²) in [5, 5.41) is 7.84. The average molecular weight is 369 g/mol. The van der Waals surface area contributed by atoms with Gasteiger partial charge in [0.05, 0.1) is 12.2 Å². The molecule has 0 radical (unpaired) electrons. The summed E-state index contributed by atoms with van der Waals surface area (Å²) in [5.41, 5.74) is 3.54. The first-order valence-electron chi connectivity index (χ1n) is 9.33. The molecule has 0 aliphatic carbocycles. The minimum atomic E-state index is -0.362. The van der Waals surface area contributed by atoms with E-state index in [4.69, 9.17) is 4.74 Å². The summed E-state index contributed by atoms with van der Waals surface area (Å²) in [7, 11) is 4.00. The number of carbonyl (C=O) groups excluding carboxylic acids is 1. The lowest BCUT2D eigenvalue weighted by Crippen LogP contribution is -2.30. The monoisotopic (exact) mass is 369 g/mol. The van der Waals surface area contributed by atoms with Gasteiger partial charge in [-0.1, -0.05) is 25.5 Å². The molecular formula is C20H27N5O2. The van der Waals surface area contributed by atoms with E-state index in [1.807, 2.05) is 57.1 Å². The Morgan fingerprint density at radius 2 is 1.96 bits per heavy atom. The van der Waals surface area contributed by atoms with Crippen molar-refractivity contribution in [2.45, 2.75) is 39.7 Å². The normalized spacial score (nSPS) is 16.0. The van der Waals surface area contributed by atoms with Crippen LogP contribution in [0.5, 0.6) is 0 Å². The lowest BCUT2D eigenvalue weighted by molar-refractivity contribution is -0.139. The zero-order chi connectivity index (χ0) is 19.6. The number of hydrogen-bond acceptors (Lipinski definition) is 6. The summed E-state index contributed by atoms with van der Waals surface area (Å²) in [6.07, 6.45) is 1.65. The smallest absolute Gasteiger partial charge is 0.338 e. The number of hydrogen-bond donors (Lipinski definition) is 1. The van der Waals surface area contributed by atoms with Crippen LogP contribution in [0.3, 0.4) is 0 Å². The fraction of sp³-hybridized carbons (Fsp3) is 0.450. The number of esters is 1. The maximum atomic E-state index is 12.9. The van der Waals surface area contributed by atoms with Gasteiger partial charge in [-0.3, -0.25) is 0 Å². The van der Waals surface area contributed by atoms with E-state index in [-0.39, 0.29) is 12.0 Å². The molecule has 0 amide bonds. The molecule has 7 heteroatoms. The molecule has 1 aliphatic heterocycles. The van der Waals surface area contributed by atoms with Crippen LogP contribution < -0.4 is 10.2 Å². The molecule has 0 fully saturated rings. The number of anilines is 2. The number of allylic oxidation sites excluding steroid dienone is 1. The molecule has 0 spiro atoms. The van der Waals surface area contributed by atoms with Gasteiger partial charge in [0.15, 0.2) is 0 Å². The predicted octanol–water partition coefficient (Wildman–Crippen LogP) is 3.28. The number of benzene rings is 1. The number of nitrogens with one attached hydrogen (secondary N) is 1. The average Bonchev–Trinajstić information content (AvgIpc) is 3.00. The SMILES string of the molecule is CCCC1=C(C(=O)OCC)[C@H](c2ccc(N(C)C)cc2)n2nc(C)nc2N1. The summed E-state index contributed by atoms with van der Waals surface area (Å²) in [5.74, 6) is 1.01. The van der Waals surface area contributed by atoms with Gasteiger partial charge < -0.3 is 15.0 Å². The van der Waals surface area contributed by atoms with Crippen molar-refractivity contribution in [3.8, 4) is 0 Å². The minimum absolute atomic E-state index is 0.311. The fourth-order valence-electron chi connectivity index (χ4n) is 3.34. The summed E-state index contributed by atoms with van der Waals surface area (Å²) in [4.78, 5) is 19.4. The van der Waals surface area contributed by atoms with Gasteiger partial charge in [-0.25, -0.2) is 9.48 Å². The standard InChI is InChI=1S/C20H27N5O2/c1-6-8-16-17(19(26)27-7-2)18(25-20(22-16)21-13(3)23-25)14-9-11-15(12-10-14)24(4)5/h9-12,18H,6-8H2,1-5H3,(H,21,22,23)/t18-/m0/s1. The number of ether oxygens (including phenoxy) is 1. The third-order valence-electron chi connectivity index (χ3n) is 4.56. The van der Waals surface area contributed by atoms with Crippen molar-refractivity contribution in [1.82, 2.24) is 14.8 Å². The van der Waals surface area contributed by atoms with Crippen LogP contribution in [-0.2, 0) is 9.53 Å². The number of aryl methyl sites for hydroxylation is 1. The third kappa shape index (κ3) is 3.67. The van der Waals surface area contributed by atoms with E-state index in [0.717, 1.165) is 29.8 Å². The van der Waals surface area contributed by atoms with Crippen molar-refractivity contribution in [2.24, 2.45) is 0 Å². The van der Waals surface area contributed by atoms with E-state index in [2.05, 4.69) is 22.3 Å². The van der Waals surface area contributed by atoms with Crippen LogP contribution in [0.1, 0.15) is 44.1 Å². The molecule has 0 saturated carbocycles. The van der Waals surface area contributed by atoms with Crippen LogP contribution in [0.15, 0.2) is 35.5 Å². The Kier molecular flexibility index (Phi) is 5.48. The molecule has 1 aromatic heterocycles. The molecule has 2 heterocycles. The largest absolute Gasteiger partial charge is 0.463 e. The molecule has 0 bridgehead atoms. The number of aromatic nitrogens is 3. The predicted molar refractivity (Wildman–Crippen MR) is 106 cm³/mol. The van der Waals surface area contributed by atoms with Crippen molar-refractivity contribution in [2.75, 3.05) is 30.9 Å². The van der Waals surface area contributed by atoms with Crippen LogP contribution in [0.2, 0.25) is 0 Å². The van der Waals surface area contributed by atoms with Crippen LogP contribution in [0.4, 0.5) is 11.6 Å². The number of rotatable bonds is 6. The summed E-state index contributed by atoms with van der Waals surface area (Å²) in [6, 6.07) is 7.80. The molecule has 0 unspecified atom stereocenters. The molecule has 2 aromatic rings. The fourth-order valence-corrected chi connectivity index (χ4v) is 3.34. The molecule has 1 aliphatic rings. The summed E-state index contributed by atoms with van der Waals surface area (Å²) >= 11 is 0. The van der Waals surface area contributed by atoms with Crippen LogP contribution >= 0.6 is 0 Å². The van der Waals surface area contributed by atoms with Gasteiger partial charge >= 0.3 is 5.97 Å². The Balaban J connectivity index is 2.15. The Morgan fingerprint density at radius 3 is 2.56 bits per heavy atom. The first kappa shape index (κ1) is 18.9. The summed E-state index contributed by atoms with van der Waals surface area (Å²) < 4.78 is 7.17. The first-order valence-corrected chi connectivity index (χ1v) is 9.33. The molecule has 0 saturated heterocycles. The maximum Gasteiger partial charge on any atom is 0.338 e. The van der Waals surface area contributed by atoms with Gasteiger partial charge in [0, 0.05) is 25.5 Å². The zero-order valence-corrected chi connectivity index (χ0v) is 16.6. The maximum absolute atomic E-state index is 12.9. The van der Waals surface area contributed by atoms with Gasteiger partial charge in [0.25, 0.3) is 0 Å². The second-order valence-corrected chi connectivity index (χ2v) is 6.80. The second-order valence-electron chi connectivity index (χ2n) is 6.80. The highest BCUT2D eigenvalue weighted by atomic mass is 16.5. The number of nitrogens with zero attached hydrogens (tertiary/aromatic N) is 4. The molecule has 1 atom stereocenters. The van der Waals surface area contributed by atoms with Crippen molar-refractivity contribution in [3.63, 3.8) is 0 Å². The van der Waals surface area contributed by atoms with Gasteiger partial charge in [-0.15, -0.1) is 0 Å². The Morgan fingerprint density at radius 1 is 1.26 bits per heavy atom. The Bertz CT molecular complexity index is 852. The van der Waals surface area contributed by atoms with Crippen LogP contribution in [0, 0.1) is 6.92 Å². The molecule has 1 aromatic carbocycles. The highest BCUT2D eigenvalue weighted by Gasteiger charge is 2.35. The van der Waals surface area contributed by atoms with Gasteiger partial charge in [0.2, 0.25) is 5.95 Å². The van der Waals surface area contributed by atoms with E-state index < -0.39 is 0 Å².